The van der Waals surface area contributed by atoms with Crippen LogP contribution in [0.5, 0.6) is 0 Å². The van der Waals surface area contributed by atoms with Gasteiger partial charge in [-0.25, -0.2) is 9.97 Å². The van der Waals surface area contributed by atoms with E-state index in [1.807, 2.05) is 0 Å². The average molecular weight is 248 g/mol. The second kappa shape index (κ2) is 5.63. The summed E-state index contributed by atoms with van der Waals surface area (Å²) in [7, 11) is 0. The van der Waals surface area contributed by atoms with E-state index in [0.717, 1.165) is 57.9 Å². The Morgan fingerprint density at radius 2 is 2.22 bits per heavy atom. The number of nitrogens with zero attached hydrogens (tertiary/aromatic N) is 2. The minimum absolute atomic E-state index is 0.709. The van der Waals surface area contributed by atoms with Crippen LogP contribution in [0.25, 0.3) is 0 Å². The molecule has 0 radical (unpaired) electrons. The van der Waals surface area contributed by atoms with Crippen LogP contribution in [-0.4, -0.2) is 36.3 Å². The van der Waals surface area contributed by atoms with Gasteiger partial charge in [-0.1, -0.05) is 0 Å². The highest BCUT2D eigenvalue weighted by atomic mass is 16.5. The van der Waals surface area contributed by atoms with Crippen molar-refractivity contribution < 1.29 is 4.74 Å². The molecular weight excluding hydrogens is 228 g/mol. The molecule has 5 heteroatoms. The zero-order valence-corrected chi connectivity index (χ0v) is 10.6. The van der Waals surface area contributed by atoms with Crippen molar-refractivity contribution in [1.29, 1.82) is 0 Å². The molecule has 1 aromatic rings. The van der Waals surface area contributed by atoms with Gasteiger partial charge in [0.15, 0.2) is 0 Å². The minimum atomic E-state index is 0.709. The van der Waals surface area contributed by atoms with E-state index < -0.39 is 0 Å². The van der Waals surface area contributed by atoms with Crippen LogP contribution in [0.1, 0.15) is 24.1 Å². The molecule has 2 aliphatic rings. The summed E-state index contributed by atoms with van der Waals surface area (Å²) in [4.78, 5) is 8.75. The Morgan fingerprint density at radius 1 is 1.33 bits per heavy atom. The van der Waals surface area contributed by atoms with Crippen LogP contribution >= 0.6 is 0 Å². The van der Waals surface area contributed by atoms with Crippen molar-refractivity contribution in [2.45, 2.75) is 25.8 Å². The fraction of sp³-hybridized carbons (Fsp3) is 0.692. The van der Waals surface area contributed by atoms with E-state index in [4.69, 9.17) is 4.74 Å². The summed E-state index contributed by atoms with van der Waals surface area (Å²) in [5.74, 6) is 1.72. The smallest absolute Gasteiger partial charge is 0.134 e. The second-order valence-electron chi connectivity index (χ2n) is 5.01. The lowest BCUT2D eigenvalue weighted by Crippen LogP contribution is -2.28. The minimum Gasteiger partial charge on any atom is -0.381 e. The molecule has 2 N–H and O–H groups in total. The molecule has 18 heavy (non-hydrogen) atoms. The maximum absolute atomic E-state index is 5.38. The van der Waals surface area contributed by atoms with Crippen molar-refractivity contribution in [3.63, 3.8) is 0 Å². The van der Waals surface area contributed by atoms with Gasteiger partial charge in [0.25, 0.3) is 0 Å². The number of hydrogen-bond acceptors (Lipinski definition) is 5. The van der Waals surface area contributed by atoms with Gasteiger partial charge in [-0.05, 0) is 18.8 Å². The lowest BCUT2D eigenvalue weighted by molar-refractivity contribution is 0.0699. The number of ether oxygens (including phenoxy) is 1. The van der Waals surface area contributed by atoms with Crippen LogP contribution in [0.2, 0.25) is 0 Å². The van der Waals surface area contributed by atoms with Crippen LogP contribution in [-0.2, 0) is 17.7 Å². The quantitative estimate of drug-likeness (QED) is 0.834. The van der Waals surface area contributed by atoms with Crippen LogP contribution in [0.4, 0.5) is 5.82 Å². The number of nitrogens with one attached hydrogen (secondary N) is 2. The Hall–Kier alpha value is -1.20. The maximum atomic E-state index is 5.38. The first kappa shape index (κ1) is 11.9. The first-order chi connectivity index (χ1) is 8.93. The summed E-state index contributed by atoms with van der Waals surface area (Å²) < 4.78 is 5.38. The van der Waals surface area contributed by atoms with E-state index in [1.54, 1.807) is 6.33 Å². The standard InChI is InChI=1S/C13H20N4O/c1-4-14-8-11-12(1)16-9-17-13(11)15-7-10-2-5-18-6-3-10/h9-10,14H,1-8H2,(H,15,16,17). The van der Waals surface area contributed by atoms with Gasteiger partial charge < -0.3 is 15.4 Å². The molecule has 0 aliphatic carbocycles. The van der Waals surface area contributed by atoms with E-state index >= 15 is 0 Å². The Balaban J connectivity index is 1.65. The first-order valence-electron chi connectivity index (χ1n) is 6.78. The van der Waals surface area contributed by atoms with Gasteiger partial charge in [-0.3, -0.25) is 0 Å². The molecule has 5 nitrogen and oxygen atoms in total. The van der Waals surface area contributed by atoms with Crippen molar-refractivity contribution in [1.82, 2.24) is 15.3 Å². The molecule has 0 unspecified atom stereocenters. The third-order valence-electron chi connectivity index (χ3n) is 3.77. The third-order valence-corrected chi connectivity index (χ3v) is 3.77. The fourth-order valence-electron chi connectivity index (χ4n) is 2.61. The van der Waals surface area contributed by atoms with Gasteiger partial charge in [0.2, 0.25) is 0 Å². The van der Waals surface area contributed by atoms with E-state index in [0.29, 0.717) is 5.92 Å². The molecular formula is C13H20N4O. The number of anilines is 1. The summed E-state index contributed by atoms with van der Waals surface area (Å²) in [5, 5.41) is 6.88. The molecule has 0 bridgehead atoms. The Kier molecular flexibility index (Phi) is 3.71. The van der Waals surface area contributed by atoms with E-state index in [-0.39, 0.29) is 0 Å². The van der Waals surface area contributed by atoms with Gasteiger partial charge in [0, 0.05) is 44.8 Å². The van der Waals surface area contributed by atoms with Crippen LogP contribution in [0, 0.1) is 5.92 Å². The van der Waals surface area contributed by atoms with Gasteiger partial charge >= 0.3 is 0 Å². The van der Waals surface area contributed by atoms with Crippen molar-refractivity contribution >= 4 is 5.82 Å². The van der Waals surface area contributed by atoms with Gasteiger partial charge in [0.1, 0.15) is 12.1 Å². The zero-order chi connectivity index (χ0) is 12.2. The average Bonchev–Trinajstić information content (AvgIpc) is 2.46. The Labute approximate surface area is 107 Å². The third kappa shape index (κ3) is 2.62. The molecule has 0 spiro atoms. The summed E-state index contributed by atoms with van der Waals surface area (Å²) in [6.07, 6.45) is 4.98. The molecule has 2 aliphatic heterocycles. The molecule has 0 saturated carbocycles. The predicted molar refractivity (Wildman–Crippen MR) is 69.5 cm³/mol. The molecule has 0 amide bonds. The lowest BCUT2D eigenvalue weighted by Gasteiger charge is -2.24. The summed E-state index contributed by atoms with van der Waals surface area (Å²) >= 11 is 0. The molecule has 1 fully saturated rings. The lowest BCUT2D eigenvalue weighted by atomic mass is 10.0. The number of aromatic nitrogens is 2. The number of hydrogen-bond donors (Lipinski definition) is 2. The molecule has 1 aromatic heterocycles. The van der Waals surface area contributed by atoms with Crippen LogP contribution in [0.3, 0.4) is 0 Å². The van der Waals surface area contributed by atoms with Crippen LogP contribution < -0.4 is 10.6 Å². The van der Waals surface area contributed by atoms with Gasteiger partial charge in [0.05, 0.1) is 5.69 Å². The second-order valence-corrected chi connectivity index (χ2v) is 5.01. The summed E-state index contributed by atoms with van der Waals surface area (Å²) in [6, 6.07) is 0. The Morgan fingerprint density at radius 3 is 3.11 bits per heavy atom. The molecule has 98 valence electrons. The summed E-state index contributed by atoms with van der Waals surface area (Å²) in [5.41, 5.74) is 2.44. The van der Waals surface area contributed by atoms with Crippen molar-refractivity contribution in [2.24, 2.45) is 5.92 Å². The monoisotopic (exact) mass is 248 g/mol. The number of fused-ring (bicyclic) bond motifs is 1. The molecule has 1 saturated heterocycles. The van der Waals surface area contributed by atoms with Crippen LogP contribution in [0.15, 0.2) is 6.33 Å². The fourth-order valence-corrected chi connectivity index (χ4v) is 2.61. The van der Waals surface area contributed by atoms with E-state index in [2.05, 4.69) is 20.6 Å². The molecule has 0 aromatic carbocycles. The Bertz CT molecular complexity index is 404. The normalized spacial score (nSPS) is 20.4. The highest BCUT2D eigenvalue weighted by Crippen LogP contribution is 2.20. The van der Waals surface area contributed by atoms with E-state index in [1.165, 1.54) is 11.3 Å². The highest BCUT2D eigenvalue weighted by molar-refractivity contribution is 5.46. The largest absolute Gasteiger partial charge is 0.381 e. The number of rotatable bonds is 3. The topological polar surface area (TPSA) is 59.1 Å². The van der Waals surface area contributed by atoms with Gasteiger partial charge in [-0.2, -0.15) is 0 Å². The zero-order valence-electron chi connectivity index (χ0n) is 10.6. The van der Waals surface area contributed by atoms with Crippen molar-refractivity contribution in [2.75, 3.05) is 31.6 Å². The highest BCUT2D eigenvalue weighted by Gasteiger charge is 2.17. The molecule has 3 heterocycles. The maximum Gasteiger partial charge on any atom is 0.134 e. The van der Waals surface area contributed by atoms with Crippen molar-refractivity contribution in [3.05, 3.63) is 17.6 Å². The van der Waals surface area contributed by atoms with Crippen molar-refractivity contribution in [3.8, 4) is 0 Å². The van der Waals surface area contributed by atoms with E-state index in [9.17, 15) is 0 Å². The van der Waals surface area contributed by atoms with Gasteiger partial charge in [-0.15, -0.1) is 0 Å². The SMILES string of the molecule is c1nc2c(c(NCC3CCOCC3)n1)CNCC2. The summed E-state index contributed by atoms with van der Waals surface area (Å²) in [6.45, 7) is 4.69. The molecule has 3 rings (SSSR count). The molecule has 0 atom stereocenters. The first-order valence-corrected chi connectivity index (χ1v) is 6.78. The predicted octanol–water partition coefficient (Wildman–Crippen LogP) is 0.961.